The fourth-order valence-electron chi connectivity index (χ4n) is 3.73. The first-order chi connectivity index (χ1) is 16.4. The van der Waals surface area contributed by atoms with Crippen LogP contribution in [0.1, 0.15) is 58.3 Å². The molecule has 0 bridgehead atoms. The summed E-state index contributed by atoms with van der Waals surface area (Å²) in [7, 11) is 1.55. The zero-order valence-electron chi connectivity index (χ0n) is 20.4. The quantitative estimate of drug-likeness (QED) is 0.230. The van der Waals surface area contributed by atoms with E-state index in [-0.39, 0.29) is 36.8 Å². The van der Waals surface area contributed by atoms with Crippen LogP contribution in [0.4, 0.5) is 4.39 Å². The maximum Gasteiger partial charge on any atom is 0.162 e. The summed E-state index contributed by atoms with van der Waals surface area (Å²) in [5, 5.41) is 0.732. The standard InChI is InChI=1S/C27H30ClFN2O2S.ClH/c1-5-6-19(20-8-9-21(15-32-4)23(29)14-20)10-11-24(30)27-31-26(18(3)34-27)22-13-17(2)7-12-25(22)33-16-28;/h7-9,12-14,19,24H,5-6,15-16,30H2,1-4H3;1H/t19-,24?;/m1./s1. The van der Waals surface area contributed by atoms with Gasteiger partial charge in [0, 0.05) is 29.0 Å². The highest BCUT2D eigenvalue weighted by atomic mass is 35.5. The number of hydrogen-bond donors (Lipinski definition) is 1. The Morgan fingerprint density at radius 2 is 1.94 bits per heavy atom. The molecule has 35 heavy (non-hydrogen) atoms. The van der Waals surface area contributed by atoms with Gasteiger partial charge in [-0.1, -0.05) is 60.5 Å². The molecule has 2 atom stereocenters. The van der Waals surface area contributed by atoms with E-state index in [1.54, 1.807) is 19.2 Å². The summed E-state index contributed by atoms with van der Waals surface area (Å²) in [5.74, 6) is 6.73. The molecule has 2 N–H and O–H groups in total. The Morgan fingerprint density at radius 3 is 2.60 bits per heavy atom. The van der Waals surface area contributed by atoms with Crippen molar-refractivity contribution in [3.63, 3.8) is 0 Å². The molecule has 0 aliphatic rings. The van der Waals surface area contributed by atoms with Gasteiger partial charge in [-0.3, -0.25) is 0 Å². The Kier molecular flexibility index (Phi) is 11.5. The van der Waals surface area contributed by atoms with Crippen molar-refractivity contribution < 1.29 is 13.9 Å². The summed E-state index contributed by atoms with van der Waals surface area (Å²) in [4.78, 5) is 5.83. The minimum atomic E-state index is -0.545. The molecule has 188 valence electrons. The van der Waals surface area contributed by atoms with Crippen molar-refractivity contribution in [1.82, 2.24) is 4.98 Å². The van der Waals surface area contributed by atoms with Gasteiger partial charge in [0.2, 0.25) is 0 Å². The van der Waals surface area contributed by atoms with E-state index in [1.807, 2.05) is 38.1 Å². The van der Waals surface area contributed by atoms with Crippen molar-refractivity contribution in [2.75, 3.05) is 13.2 Å². The number of nitrogens with zero attached hydrogens (tertiary/aromatic N) is 1. The van der Waals surface area contributed by atoms with E-state index in [1.165, 1.54) is 11.3 Å². The van der Waals surface area contributed by atoms with Gasteiger partial charge in [-0.2, -0.15) is 0 Å². The topological polar surface area (TPSA) is 57.4 Å². The summed E-state index contributed by atoms with van der Waals surface area (Å²) >= 11 is 7.32. The summed E-state index contributed by atoms with van der Waals surface area (Å²) in [6.07, 6.45) is 1.74. The Labute approximate surface area is 222 Å². The van der Waals surface area contributed by atoms with Crippen LogP contribution in [0.15, 0.2) is 36.4 Å². The Hall–Kier alpha value is -2.14. The normalized spacial score (nSPS) is 12.3. The van der Waals surface area contributed by atoms with Crippen LogP contribution in [0.2, 0.25) is 0 Å². The lowest BCUT2D eigenvalue weighted by atomic mass is 9.93. The van der Waals surface area contributed by atoms with Crippen LogP contribution in [-0.4, -0.2) is 18.2 Å². The summed E-state index contributed by atoms with van der Waals surface area (Å²) < 4.78 is 25.1. The molecule has 8 heteroatoms. The van der Waals surface area contributed by atoms with E-state index in [2.05, 4.69) is 18.8 Å². The number of alkyl halides is 1. The Balaban J connectivity index is 0.00000432. The maximum atomic E-state index is 14.4. The van der Waals surface area contributed by atoms with Gasteiger partial charge in [0.1, 0.15) is 22.6 Å². The fraction of sp³-hybridized carbons (Fsp3) is 0.370. The molecule has 2 aromatic carbocycles. The number of methoxy groups -OCH3 is 1. The minimum absolute atomic E-state index is 0. The first-order valence-electron chi connectivity index (χ1n) is 11.2. The van der Waals surface area contributed by atoms with Crippen LogP contribution >= 0.6 is 35.3 Å². The lowest BCUT2D eigenvalue weighted by Crippen LogP contribution is -2.08. The highest BCUT2D eigenvalue weighted by molar-refractivity contribution is 7.12. The van der Waals surface area contributed by atoms with Crippen LogP contribution in [0.3, 0.4) is 0 Å². The Morgan fingerprint density at radius 1 is 1.17 bits per heavy atom. The molecule has 0 saturated heterocycles. The molecule has 0 fully saturated rings. The average Bonchev–Trinajstić information content (AvgIpc) is 3.20. The number of rotatable bonds is 9. The molecule has 0 aliphatic heterocycles. The van der Waals surface area contributed by atoms with Crippen LogP contribution in [0.5, 0.6) is 5.75 Å². The van der Waals surface area contributed by atoms with Crippen molar-refractivity contribution in [2.45, 2.75) is 52.2 Å². The highest BCUT2D eigenvalue weighted by Crippen LogP contribution is 2.36. The van der Waals surface area contributed by atoms with Gasteiger partial charge >= 0.3 is 0 Å². The van der Waals surface area contributed by atoms with E-state index in [9.17, 15) is 4.39 Å². The molecule has 1 unspecified atom stereocenters. The van der Waals surface area contributed by atoms with Crippen molar-refractivity contribution in [3.05, 3.63) is 68.8 Å². The smallest absolute Gasteiger partial charge is 0.162 e. The lowest BCUT2D eigenvalue weighted by molar-refractivity contribution is 0.181. The highest BCUT2D eigenvalue weighted by Gasteiger charge is 2.18. The summed E-state index contributed by atoms with van der Waals surface area (Å²) in [5.41, 5.74) is 10.6. The van der Waals surface area contributed by atoms with E-state index < -0.39 is 6.04 Å². The SMILES string of the molecule is CCC[C@H](C#CC(N)c1nc(-c2cc(C)ccc2OCCl)c(C)s1)c1ccc(COC)c(F)c1.Cl. The molecule has 4 nitrogen and oxygen atoms in total. The second kappa shape index (κ2) is 13.8. The summed E-state index contributed by atoms with van der Waals surface area (Å²) in [6, 6.07) is 10.7. The van der Waals surface area contributed by atoms with E-state index in [4.69, 9.17) is 31.8 Å². The number of thiazole rings is 1. The molecule has 1 heterocycles. The number of aromatic nitrogens is 1. The summed E-state index contributed by atoms with van der Waals surface area (Å²) in [6.45, 7) is 6.36. The predicted molar refractivity (Wildman–Crippen MR) is 145 cm³/mol. The van der Waals surface area contributed by atoms with Gasteiger partial charge in [-0.25, -0.2) is 9.37 Å². The fourth-order valence-corrected chi connectivity index (χ4v) is 4.74. The maximum absolute atomic E-state index is 14.4. The van der Waals surface area contributed by atoms with E-state index in [0.29, 0.717) is 11.3 Å². The Bertz CT molecular complexity index is 1190. The molecule has 3 aromatic rings. The second-order valence-electron chi connectivity index (χ2n) is 8.10. The third-order valence-corrected chi connectivity index (χ3v) is 6.61. The van der Waals surface area contributed by atoms with Crippen LogP contribution in [0.25, 0.3) is 11.3 Å². The van der Waals surface area contributed by atoms with Crippen LogP contribution in [0, 0.1) is 31.5 Å². The number of hydrogen-bond acceptors (Lipinski definition) is 5. The number of halogens is 3. The van der Waals surface area contributed by atoms with E-state index >= 15 is 0 Å². The molecule has 1 aromatic heterocycles. The van der Waals surface area contributed by atoms with Crippen molar-refractivity contribution in [2.24, 2.45) is 5.73 Å². The minimum Gasteiger partial charge on any atom is -0.477 e. The monoisotopic (exact) mass is 536 g/mol. The largest absolute Gasteiger partial charge is 0.477 e. The third-order valence-electron chi connectivity index (χ3n) is 5.45. The number of benzene rings is 2. The number of ether oxygens (including phenoxy) is 2. The molecule has 0 spiro atoms. The molecule has 0 aliphatic carbocycles. The van der Waals surface area contributed by atoms with Gasteiger partial charge < -0.3 is 15.2 Å². The second-order valence-corrected chi connectivity index (χ2v) is 9.55. The molecule has 0 amide bonds. The van der Waals surface area contributed by atoms with Crippen molar-refractivity contribution in [1.29, 1.82) is 0 Å². The first kappa shape index (κ1) is 29.1. The third kappa shape index (κ3) is 7.42. The molecular formula is C27H31Cl2FN2O2S. The van der Waals surface area contributed by atoms with Crippen LogP contribution in [-0.2, 0) is 11.3 Å². The van der Waals surface area contributed by atoms with Gasteiger partial charge in [-0.15, -0.1) is 23.7 Å². The van der Waals surface area contributed by atoms with Gasteiger partial charge in [0.05, 0.1) is 12.3 Å². The molecular weight excluding hydrogens is 506 g/mol. The predicted octanol–water partition coefficient (Wildman–Crippen LogP) is 7.30. The molecule has 3 rings (SSSR count). The van der Waals surface area contributed by atoms with Gasteiger partial charge in [0.15, 0.2) is 6.07 Å². The van der Waals surface area contributed by atoms with Gasteiger partial charge in [-0.05, 0) is 44.0 Å². The van der Waals surface area contributed by atoms with Crippen molar-refractivity contribution >= 4 is 35.3 Å². The van der Waals surface area contributed by atoms with Crippen molar-refractivity contribution in [3.8, 4) is 28.8 Å². The molecule has 0 radical (unpaired) electrons. The van der Waals surface area contributed by atoms with Crippen LogP contribution < -0.4 is 10.5 Å². The zero-order valence-corrected chi connectivity index (χ0v) is 22.7. The lowest BCUT2D eigenvalue weighted by Gasteiger charge is -2.12. The van der Waals surface area contributed by atoms with Gasteiger partial charge in [0.25, 0.3) is 0 Å². The number of aryl methyl sites for hydroxylation is 2. The average molecular weight is 538 g/mol. The number of nitrogens with two attached hydrogens (primary N) is 1. The molecule has 0 saturated carbocycles. The zero-order chi connectivity index (χ0) is 24.7. The first-order valence-corrected chi connectivity index (χ1v) is 12.5. The van der Waals surface area contributed by atoms with E-state index in [0.717, 1.165) is 45.1 Å².